The van der Waals surface area contributed by atoms with Gasteiger partial charge in [-0.1, -0.05) is 18.2 Å². The Morgan fingerprint density at radius 2 is 1.67 bits per heavy atom. The van der Waals surface area contributed by atoms with Crippen LogP contribution in [-0.4, -0.2) is 56.1 Å². The Labute approximate surface area is 161 Å². The minimum atomic E-state index is 0.00186. The predicted molar refractivity (Wildman–Crippen MR) is 106 cm³/mol. The topological polar surface area (TPSA) is 70.7 Å². The van der Waals surface area contributed by atoms with E-state index < -0.39 is 0 Å². The van der Waals surface area contributed by atoms with Gasteiger partial charge in [-0.3, -0.25) is 14.5 Å². The Balaban J connectivity index is 1.37. The number of amides is 2. The van der Waals surface area contributed by atoms with Crippen molar-refractivity contribution in [2.75, 3.05) is 44.7 Å². The fourth-order valence-electron chi connectivity index (χ4n) is 3.87. The van der Waals surface area contributed by atoms with E-state index in [1.165, 1.54) is 0 Å². The average Bonchev–Trinajstić information content (AvgIpc) is 2.70. The van der Waals surface area contributed by atoms with Gasteiger partial charge in [-0.05, 0) is 44.2 Å². The fourth-order valence-corrected chi connectivity index (χ4v) is 3.87. The standard InChI is InChI=1S/C21H31N3O3/c1-16-4-2-3-5-19(16)23-21(26)18-8-6-17(7-9-18)20(25)22-10-11-24-12-14-27-15-13-24/h2-5,17-18H,6-15H2,1H3,(H,22,25)(H,23,26). The molecule has 0 unspecified atom stereocenters. The largest absolute Gasteiger partial charge is 0.379 e. The van der Waals surface area contributed by atoms with Gasteiger partial charge >= 0.3 is 0 Å². The van der Waals surface area contributed by atoms with Gasteiger partial charge in [-0.2, -0.15) is 0 Å². The Morgan fingerprint density at radius 1 is 1.04 bits per heavy atom. The van der Waals surface area contributed by atoms with Crippen molar-refractivity contribution in [1.82, 2.24) is 10.2 Å². The van der Waals surface area contributed by atoms with Crippen molar-refractivity contribution < 1.29 is 14.3 Å². The highest BCUT2D eigenvalue weighted by Gasteiger charge is 2.30. The maximum Gasteiger partial charge on any atom is 0.227 e. The van der Waals surface area contributed by atoms with Crippen molar-refractivity contribution in [2.45, 2.75) is 32.6 Å². The number of morpholine rings is 1. The molecule has 2 aliphatic rings. The summed E-state index contributed by atoms with van der Waals surface area (Å²) >= 11 is 0. The lowest BCUT2D eigenvalue weighted by atomic mass is 9.81. The lowest BCUT2D eigenvalue weighted by Gasteiger charge is -2.29. The van der Waals surface area contributed by atoms with Gasteiger partial charge in [0.15, 0.2) is 0 Å². The zero-order chi connectivity index (χ0) is 19.1. The van der Waals surface area contributed by atoms with Crippen LogP contribution in [0.4, 0.5) is 5.69 Å². The van der Waals surface area contributed by atoms with Gasteiger partial charge in [-0.25, -0.2) is 0 Å². The third kappa shape index (κ3) is 5.78. The summed E-state index contributed by atoms with van der Waals surface area (Å²) in [6, 6.07) is 7.82. The van der Waals surface area contributed by atoms with Crippen molar-refractivity contribution in [3.05, 3.63) is 29.8 Å². The van der Waals surface area contributed by atoms with Crippen molar-refractivity contribution in [3.63, 3.8) is 0 Å². The van der Waals surface area contributed by atoms with Crippen LogP contribution in [0, 0.1) is 18.8 Å². The molecule has 1 aromatic carbocycles. The van der Waals surface area contributed by atoms with E-state index in [2.05, 4.69) is 15.5 Å². The smallest absolute Gasteiger partial charge is 0.227 e. The molecular weight excluding hydrogens is 342 g/mol. The number of benzene rings is 1. The highest BCUT2D eigenvalue weighted by atomic mass is 16.5. The Hall–Kier alpha value is -1.92. The Kier molecular flexibility index (Phi) is 7.24. The molecule has 148 valence electrons. The van der Waals surface area contributed by atoms with Crippen molar-refractivity contribution in [1.29, 1.82) is 0 Å². The minimum Gasteiger partial charge on any atom is -0.379 e. The number of anilines is 1. The second kappa shape index (κ2) is 9.85. The molecule has 2 N–H and O–H groups in total. The second-order valence-corrected chi connectivity index (χ2v) is 7.60. The summed E-state index contributed by atoms with van der Waals surface area (Å²) in [5.41, 5.74) is 1.95. The van der Waals surface area contributed by atoms with Gasteiger partial charge in [0.1, 0.15) is 0 Å². The summed E-state index contributed by atoms with van der Waals surface area (Å²) in [6.07, 6.45) is 3.13. The highest BCUT2D eigenvalue weighted by molar-refractivity contribution is 5.93. The highest BCUT2D eigenvalue weighted by Crippen LogP contribution is 2.30. The van der Waals surface area contributed by atoms with Crippen molar-refractivity contribution in [3.8, 4) is 0 Å². The first kappa shape index (κ1) is 19.8. The quantitative estimate of drug-likeness (QED) is 0.802. The number of nitrogens with one attached hydrogen (secondary N) is 2. The molecule has 3 rings (SSSR count). The molecule has 0 atom stereocenters. The Morgan fingerprint density at radius 3 is 2.33 bits per heavy atom. The number of hydrogen-bond acceptors (Lipinski definition) is 4. The van der Waals surface area contributed by atoms with Crippen LogP contribution in [0.1, 0.15) is 31.2 Å². The van der Waals surface area contributed by atoms with E-state index in [4.69, 9.17) is 4.74 Å². The monoisotopic (exact) mass is 373 g/mol. The zero-order valence-electron chi connectivity index (χ0n) is 16.2. The van der Waals surface area contributed by atoms with Gasteiger partial charge in [0.25, 0.3) is 0 Å². The van der Waals surface area contributed by atoms with Crippen molar-refractivity contribution >= 4 is 17.5 Å². The first-order chi connectivity index (χ1) is 13.1. The van der Waals surface area contributed by atoms with Crippen LogP contribution < -0.4 is 10.6 Å². The SMILES string of the molecule is Cc1ccccc1NC(=O)C1CCC(C(=O)NCCN2CCOCC2)CC1. The van der Waals surface area contributed by atoms with E-state index in [1.807, 2.05) is 31.2 Å². The zero-order valence-corrected chi connectivity index (χ0v) is 16.2. The summed E-state index contributed by atoms with van der Waals surface area (Å²) < 4.78 is 5.33. The average molecular weight is 373 g/mol. The summed E-state index contributed by atoms with van der Waals surface area (Å²) in [7, 11) is 0. The van der Waals surface area contributed by atoms with Crippen LogP contribution in [0.2, 0.25) is 0 Å². The number of nitrogens with zero attached hydrogens (tertiary/aromatic N) is 1. The first-order valence-electron chi connectivity index (χ1n) is 10.1. The fraction of sp³-hybridized carbons (Fsp3) is 0.619. The van der Waals surface area contributed by atoms with E-state index in [0.29, 0.717) is 6.54 Å². The number of carbonyl (C=O) groups is 2. The van der Waals surface area contributed by atoms with E-state index in [0.717, 1.165) is 69.8 Å². The molecule has 2 fully saturated rings. The molecule has 0 spiro atoms. The molecule has 27 heavy (non-hydrogen) atoms. The molecule has 1 heterocycles. The molecule has 6 heteroatoms. The van der Waals surface area contributed by atoms with Crippen molar-refractivity contribution in [2.24, 2.45) is 11.8 Å². The number of hydrogen-bond donors (Lipinski definition) is 2. The molecule has 1 aliphatic heterocycles. The van der Waals surface area contributed by atoms with Crippen LogP contribution in [0.3, 0.4) is 0 Å². The number of rotatable bonds is 6. The minimum absolute atomic E-state index is 0.00186. The van der Waals surface area contributed by atoms with Gasteiger partial charge < -0.3 is 15.4 Å². The molecule has 2 amide bonds. The number of para-hydroxylation sites is 1. The van der Waals surface area contributed by atoms with E-state index in [1.54, 1.807) is 0 Å². The molecule has 0 bridgehead atoms. The summed E-state index contributed by atoms with van der Waals surface area (Å²) in [5, 5.41) is 6.11. The van der Waals surface area contributed by atoms with Crippen LogP contribution in [0.5, 0.6) is 0 Å². The van der Waals surface area contributed by atoms with Gasteiger partial charge in [-0.15, -0.1) is 0 Å². The van der Waals surface area contributed by atoms with E-state index in [9.17, 15) is 9.59 Å². The normalized spacial score (nSPS) is 23.6. The van der Waals surface area contributed by atoms with Crippen LogP contribution >= 0.6 is 0 Å². The lowest BCUT2D eigenvalue weighted by Crippen LogP contribution is -2.43. The molecule has 0 aromatic heterocycles. The maximum absolute atomic E-state index is 12.5. The molecule has 1 aromatic rings. The maximum atomic E-state index is 12.5. The number of aryl methyl sites for hydroxylation is 1. The molecule has 1 saturated heterocycles. The Bertz CT molecular complexity index is 635. The third-order valence-corrected chi connectivity index (χ3v) is 5.70. The summed E-state index contributed by atoms with van der Waals surface area (Å²) in [5.74, 6) is 0.260. The molecular formula is C21H31N3O3. The molecule has 0 radical (unpaired) electrons. The van der Waals surface area contributed by atoms with Crippen LogP contribution in [0.15, 0.2) is 24.3 Å². The third-order valence-electron chi connectivity index (χ3n) is 5.70. The summed E-state index contributed by atoms with van der Waals surface area (Å²) in [4.78, 5) is 27.2. The van der Waals surface area contributed by atoms with Crippen LogP contribution in [-0.2, 0) is 14.3 Å². The molecule has 1 saturated carbocycles. The second-order valence-electron chi connectivity index (χ2n) is 7.60. The lowest BCUT2D eigenvalue weighted by molar-refractivity contribution is -0.128. The number of carbonyl (C=O) groups excluding carboxylic acids is 2. The van der Waals surface area contributed by atoms with E-state index in [-0.39, 0.29) is 23.7 Å². The van der Waals surface area contributed by atoms with Gasteiger partial charge in [0.2, 0.25) is 11.8 Å². The first-order valence-corrected chi connectivity index (χ1v) is 10.1. The van der Waals surface area contributed by atoms with Gasteiger partial charge in [0, 0.05) is 43.7 Å². The van der Waals surface area contributed by atoms with Gasteiger partial charge in [0.05, 0.1) is 13.2 Å². The van der Waals surface area contributed by atoms with Crippen LogP contribution in [0.25, 0.3) is 0 Å². The van der Waals surface area contributed by atoms with E-state index >= 15 is 0 Å². The molecule has 6 nitrogen and oxygen atoms in total. The summed E-state index contributed by atoms with van der Waals surface area (Å²) in [6.45, 7) is 7.00. The predicted octanol–water partition coefficient (Wildman–Crippen LogP) is 2.19. The molecule has 1 aliphatic carbocycles. The number of ether oxygens (including phenoxy) is 1.